The van der Waals surface area contributed by atoms with Gasteiger partial charge in [0.15, 0.2) is 5.13 Å². The van der Waals surface area contributed by atoms with Gasteiger partial charge in [-0.3, -0.25) is 0 Å². The Morgan fingerprint density at radius 1 is 1.08 bits per heavy atom. The molecular formula is C27H21N7O2S2. The van der Waals surface area contributed by atoms with Crippen LogP contribution in [0.1, 0.15) is 16.8 Å². The van der Waals surface area contributed by atoms with Gasteiger partial charge in [-0.25, -0.2) is 14.8 Å². The SMILES string of the molecule is [C-]#[N+]c1c(N)nc(SCc2csc(Nc3ccc(C#N)cc3)n2)c(C#N)c1-c1ccc(OCCOC)cc1. The summed E-state index contributed by atoms with van der Waals surface area (Å²) in [5.41, 5.74) is 9.91. The fraction of sp³-hybridized carbons (Fsp3) is 0.148. The maximum absolute atomic E-state index is 10.0. The number of nitrogens with zero attached hydrogens (tertiary/aromatic N) is 5. The highest BCUT2D eigenvalue weighted by Gasteiger charge is 2.21. The Hall–Kier alpha value is -4.60. The molecule has 2 aromatic heterocycles. The molecule has 0 amide bonds. The molecule has 0 radical (unpaired) electrons. The highest BCUT2D eigenvalue weighted by atomic mass is 32.2. The van der Waals surface area contributed by atoms with Gasteiger partial charge in [0, 0.05) is 29.5 Å². The van der Waals surface area contributed by atoms with Crippen LogP contribution < -0.4 is 15.8 Å². The average molecular weight is 540 g/mol. The largest absolute Gasteiger partial charge is 0.491 e. The van der Waals surface area contributed by atoms with Crippen molar-refractivity contribution in [1.82, 2.24) is 9.97 Å². The molecule has 4 rings (SSSR count). The third kappa shape index (κ3) is 6.20. The quantitative estimate of drug-likeness (QED) is 0.138. The molecular weight excluding hydrogens is 518 g/mol. The van der Waals surface area contributed by atoms with Gasteiger partial charge in [-0.15, -0.1) is 11.3 Å². The van der Waals surface area contributed by atoms with E-state index in [1.807, 2.05) is 17.5 Å². The molecule has 0 atom stereocenters. The molecule has 4 aromatic rings. The molecule has 0 bridgehead atoms. The molecule has 11 heteroatoms. The number of methoxy groups -OCH3 is 1. The van der Waals surface area contributed by atoms with E-state index in [9.17, 15) is 5.26 Å². The van der Waals surface area contributed by atoms with E-state index in [-0.39, 0.29) is 17.1 Å². The molecule has 38 heavy (non-hydrogen) atoms. The Labute approximate surface area is 228 Å². The molecule has 0 aliphatic heterocycles. The molecule has 2 heterocycles. The standard InChI is InChI=1S/C27H21N7O2S2/c1-31-24-23(18-5-9-21(10-6-18)36-12-11-35-2)22(14-29)26(34-25(24)30)37-15-20-16-38-27(33-20)32-19-7-3-17(13-28)4-8-19/h3-10,16H,11-12,15H2,2H3,(H2,30,34)(H,32,33). The van der Waals surface area contributed by atoms with E-state index >= 15 is 0 Å². The Kier molecular flexibility index (Phi) is 8.76. The third-order valence-electron chi connectivity index (χ3n) is 5.26. The maximum Gasteiger partial charge on any atom is 0.236 e. The number of rotatable bonds is 10. The van der Waals surface area contributed by atoms with E-state index in [1.54, 1.807) is 43.5 Å². The van der Waals surface area contributed by atoms with E-state index in [4.69, 9.17) is 27.0 Å². The summed E-state index contributed by atoms with van der Waals surface area (Å²) >= 11 is 2.78. The first-order chi connectivity index (χ1) is 18.6. The van der Waals surface area contributed by atoms with Crippen LogP contribution in [0.3, 0.4) is 0 Å². The molecule has 0 spiro atoms. The van der Waals surface area contributed by atoms with Crippen LogP contribution in [0, 0.1) is 29.2 Å². The molecule has 0 fully saturated rings. The topological polar surface area (TPSA) is 134 Å². The van der Waals surface area contributed by atoms with Crippen molar-refractivity contribution >= 4 is 45.4 Å². The van der Waals surface area contributed by atoms with Crippen LogP contribution in [0.5, 0.6) is 5.75 Å². The number of ether oxygens (including phenoxy) is 2. The summed E-state index contributed by atoms with van der Waals surface area (Å²) in [6.07, 6.45) is 0. The number of aromatic nitrogens is 2. The highest BCUT2D eigenvalue weighted by molar-refractivity contribution is 7.98. The lowest BCUT2D eigenvalue weighted by molar-refractivity contribution is 0.146. The van der Waals surface area contributed by atoms with Gasteiger partial charge >= 0.3 is 0 Å². The number of thioether (sulfide) groups is 1. The molecule has 0 saturated heterocycles. The molecule has 9 nitrogen and oxygen atoms in total. The van der Waals surface area contributed by atoms with Crippen molar-refractivity contribution in [1.29, 1.82) is 10.5 Å². The van der Waals surface area contributed by atoms with Gasteiger partial charge in [0.2, 0.25) is 5.69 Å². The smallest absolute Gasteiger partial charge is 0.236 e. The molecule has 0 aliphatic carbocycles. The Morgan fingerprint density at radius 3 is 2.50 bits per heavy atom. The van der Waals surface area contributed by atoms with E-state index in [0.29, 0.717) is 51.6 Å². The van der Waals surface area contributed by atoms with Crippen LogP contribution in [-0.4, -0.2) is 30.3 Å². The van der Waals surface area contributed by atoms with E-state index < -0.39 is 0 Å². The number of nitrogens with one attached hydrogen (secondary N) is 1. The highest BCUT2D eigenvalue weighted by Crippen LogP contribution is 2.42. The summed E-state index contributed by atoms with van der Waals surface area (Å²) < 4.78 is 10.6. The van der Waals surface area contributed by atoms with Crippen LogP contribution in [-0.2, 0) is 10.5 Å². The lowest BCUT2D eigenvalue weighted by atomic mass is 10.00. The van der Waals surface area contributed by atoms with Crippen molar-refractivity contribution in [2.75, 3.05) is 31.4 Å². The van der Waals surface area contributed by atoms with Crippen molar-refractivity contribution < 1.29 is 9.47 Å². The van der Waals surface area contributed by atoms with Gasteiger partial charge in [-0.2, -0.15) is 10.5 Å². The normalized spacial score (nSPS) is 10.3. The number of hydrogen-bond acceptors (Lipinski definition) is 10. The Bertz CT molecular complexity index is 1550. The molecule has 188 valence electrons. The van der Waals surface area contributed by atoms with Crippen molar-refractivity contribution in [2.24, 2.45) is 0 Å². The Morgan fingerprint density at radius 2 is 1.84 bits per heavy atom. The number of hydrogen-bond donors (Lipinski definition) is 2. The second kappa shape index (κ2) is 12.6. The molecule has 0 unspecified atom stereocenters. The first-order valence-electron chi connectivity index (χ1n) is 11.2. The van der Waals surface area contributed by atoms with Gasteiger partial charge in [-0.1, -0.05) is 23.9 Å². The Balaban J connectivity index is 1.54. The summed E-state index contributed by atoms with van der Waals surface area (Å²) in [6, 6.07) is 18.6. The molecule has 2 aromatic carbocycles. The number of pyridine rings is 1. The third-order valence-corrected chi connectivity index (χ3v) is 7.08. The lowest BCUT2D eigenvalue weighted by Gasteiger charge is -2.13. The predicted octanol–water partition coefficient (Wildman–Crippen LogP) is 6.14. The summed E-state index contributed by atoms with van der Waals surface area (Å²) in [7, 11) is 1.60. The average Bonchev–Trinajstić information content (AvgIpc) is 3.39. The zero-order valence-corrected chi connectivity index (χ0v) is 21.9. The zero-order chi connectivity index (χ0) is 26.9. The van der Waals surface area contributed by atoms with Gasteiger partial charge in [0.1, 0.15) is 29.3 Å². The minimum Gasteiger partial charge on any atom is -0.491 e. The van der Waals surface area contributed by atoms with E-state index in [1.165, 1.54) is 23.1 Å². The summed E-state index contributed by atoms with van der Waals surface area (Å²) in [4.78, 5) is 12.5. The van der Waals surface area contributed by atoms with Gasteiger partial charge in [-0.05, 0) is 42.0 Å². The van der Waals surface area contributed by atoms with Crippen LogP contribution >= 0.6 is 23.1 Å². The second-order valence-corrected chi connectivity index (χ2v) is 9.56. The predicted molar refractivity (Wildman–Crippen MR) is 149 cm³/mol. The number of nitriles is 2. The van der Waals surface area contributed by atoms with Crippen LogP contribution in [0.25, 0.3) is 16.0 Å². The summed E-state index contributed by atoms with van der Waals surface area (Å²) in [5, 5.41) is 25.3. The minimum absolute atomic E-state index is 0.0679. The van der Waals surface area contributed by atoms with Gasteiger partial charge in [0.05, 0.1) is 36.1 Å². The first kappa shape index (κ1) is 26.5. The maximum atomic E-state index is 10.0. The lowest BCUT2D eigenvalue weighted by Crippen LogP contribution is -2.04. The van der Waals surface area contributed by atoms with E-state index in [2.05, 4.69) is 32.3 Å². The van der Waals surface area contributed by atoms with Crippen LogP contribution in [0.2, 0.25) is 0 Å². The summed E-state index contributed by atoms with van der Waals surface area (Å²) in [6.45, 7) is 8.53. The van der Waals surface area contributed by atoms with Gasteiger partial charge < -0.3 is 20.5 Å². The van der Waals surface area contributed by atoms with E-state index in [0.717, 1.165) is 11.4 Å². The number of nitrogens with two attached hydrogens (primary N) is 1. The number of benzene rings is 2. The van der Waals surface area contributed by atoms with Crippen LogP contribution in [0.4, 0.5) is 22.3 Å². The fourth-order valence-corrected chi connectivity index (χ4v) is 5.18. The van der Waals surface area contributed by atoms with Gasteiger partial charge in [0.25, 0.3) is 0 Å². The molecule has 0 saturated carbocycles. The number of anilines is 3. The van der Waals surface area contributed by atoms with Crippen molar-refractivity contribution in [3.05, 3.63) is 82.1 Å². The fourth-order valence-electron chi connectivity index (χ4n) is 3.46. The van der Waals surface area contributed by atoms with Crippen molar-refractivity contribution in [3.63, 3.8) is 0 Å². The van der Waals surface area contributed by atoms with Crippen molar-refractivity contribution in [2.45, 2.75) is 10.8 Å². The second-order valence-electron chi connectivity index (χ2n) is 7.74. The number of nitrogen functional groups attached to an aromatic ring is 1. The molecule has 0 aliphatic rings. The first-order valence-corrected chi connectivity index (χ1v) is 13.1. The monoisotopic (exact) mass is 539 g/mol. The minimum atomic E-state index is 0.0679. The van der Waals surface area contributed by atoms with Crippen LogP contribution in [0.15, 0.2) is 58.9 Å². The number of thiazole rings is 1. The van der Waals surface area contributed by atoms with Crippen molar-refractivity contribution in [3.8, 4) is 29.0 Å². The molecule has 3 N–H and O–H groups in total. The zero-order valence-electron chi connectivity index (χ0n) is 20.3. The summed E-state index contributed by atoms with van der Waals surface area (Å²) in [5.74, 6) is 1.17.